The molecule has 7 nitrogen and oxygen atoms in total. The molecular weight excluding hydrogens is 330 g/mol. The van der Waals surface area contributed by atoms with Gasteiger partial charge in [0.15, 0.2) is 5.69 Å². The molecule has 1 fully saturated rings. The van der Waals surface area contributed by atoms with Gasteiger partial charge >= 0.3 is 0 Å². The molecule has 3 N–H and O–H groups in total. The Labute approximate surface area is 147 Å². The van der Waals surface area contributed by atoms with Crippen LogP contribution in [0.5, 0.6) is 5.75 Å². The third kappa shape index (κ3) is 3.85. The lowest BCUT2D eigenvalue weighted by atomic mass is 10.2. The molecule has 0 bridgehead atoms. The topological polar surface area (TPSA) is 95.1 Å². The lowest BCUT2D eigenvalue weighted by Crippen LogP contribution is -2.38. The molecule has 1 saturated carbocycles. The van der Waals surface area contributed by atoms with Crippen LogP contribution in [0.4, 0.5) is 0 Å². The molecule has 3 rings (SSSR count). The van der Waals surface area contributed by atoms with Gasteiger partial charge in [0.2, 0.25) is 0 Å². The highest BCUT2D eigenvalue weighted by Gasteiger charge is 2.29. The fraction of sp³-hybridized carbons (Fsp3) is 0.438. The number of amides is 1. The number of hydrogen-bond acceptors (Lipinski definition) is 5. The normalized spacial score (nSPS) is 14.6. The first-order valence-electron chi connectivity index (χ1n) is 7.70. The summed E-state index contributed by atoms with van der Waals surface area (Å²) < 4.78 is 6.77. The average Bonchev–Trinajstić information content (AvgIpc) is 3.35. The van der Waals surface area contributed by atoms with Gasteiger partial charge in [0.25, 0.3) is 5.91 Å². The largest absolute Gasteiger partial charge is 0.497 e. The second kappa shape index (κ2) is 7.63. The highest BCUT2D eigenvalue weighted by Crippen LogP contribution is 2.31. The number of hydrogen-bond donors (Lipinski definition) is 2. The van der Waals surface area contributed by atoms with Crippen LogP contribution in [0.15, 0.2) is 24.3 Å². The minimum absolute atomic E-state index is 0. The van der Waals surface area contributed by atoms with Gasteiger partial charge in [0.05, 0.1) is 18.5 Å². The number of halogens is 1. The smallest absolute Gasteiger partial charge is 0.273 e. The van der Waals surface area contributed by atoms with Crippen LogP contribution in [0.3, 0.4) is 0 Å². The molecule has 1 unspecified atom stereocenters. The Balaban J connectivity index is 0.00000208. The van der Waals surface area contributed by atoms with Crippen molar-refractivity contribution in [2.24, 2.45) is 11.7 Å². The molecule has 0 aliphatic heterocycles. The summed E-state index contributed by atoms with van der Waals surface area (Å²) in [5, 5.41) is 10.9. The summed E-state index contributed by atoms with van der Waals surface area (Å²) in [4.78, 5) is 12.3. The molecule has 8 heteroatoms. The van der Waals surface area contributed by atoms with Crippen molar-refractivity contribution in [1.82, 2.24) is 20.3 Å². The van der Waals surface area contributed by atoms with Crippen LogP contribution in [-0.2, 0) is 0 Å². The van der Waals surface area contributed by atoms with E-state index in [0.717, 1.165) is 24.3 Å². The van der Waals surface area contributed by atoms with E-state index in [0.29, 0.717) is 23.9 Å². The van der Waals surface area contributed by atoms with E-state index in [1.54, 1.807) is 11.8 Å². The van der Waals surface area contributed by atoms with Crippen LogP contribution in [0, 0.1) is 12.8 Å². The van der Waals surface area contributed by atoms with Gasteiger partial charge in [-0.1, -0.05) is 5.21 Å². The van der Waals surface area contributed by atoms with E-state index < -0.39 is 0 Å². The minimum Gasteiger partial charge on any atom is -0.497 e. The molecule has 1 aliphatic carbocycles. The van der Waals surface area contributed by atoms with Crippen LogP contribution in [0.2, 0.25) is 0 Å². The Morgan fingerprint density at radius 3 is 2.67 bits per heavy atom. The number of aromatic nitrogens is 3. The fourth-order valence-corrected chi connectivity index (χ4v) is 2.49. The molecule has 0 saturated heterocycles. The van der Waals surface area contributed by atoms with E-state index in [9.17, 15) is 4.79 Å². The third-order valence-corrected chi connectivity index (χ3v) is 4.15. The second-order valence-electron chi connectivity index (χ2n) is 5.84. The summed E-state index contributed by atoms with van der Waals surface area (Å²) >= 11 is 0. The van der Waals surface area contributed by atoms with E-state index in [4.69, 9.17) is 10.5 Å². The zero-order chi connectivity index (χ0) is 16.4. The summed E-state index contributed by atoms with van der Waals surface area (Å²) in [6.07, 6.45) is 2.31. The minimum atomic E-state index is -0.238. The highest BCUT2D eigenvalue weighted by molar-refractivity contribution is 5.93. The molecule has 1 amide bonds. The zero-order valence-corrected chi connectivity index (χ0v) is 14.5. The van der Waals surface area contributed by atoms with E-state index in [1.165, 1.54) is 0 Å². The molecule has 1 atom stereocenters. The SMILES string of the molecule is COc1ccc(-n2nnc(C(=O)NCC(N)C3CC3)c2C)cc1.Cl. The van der Waals surface area contributed by atoms with Gasteiger partial charge in [0.1, 0.15) is 5.75 Å². The highest BCUT2D eigenvalue weighted by atomic mass is 35.5. The van der Waals surface area contributed by atoms with Crippen molar-refractivity contribution in [3.8, 4) is 11.4 Å². The number of carbonyl (C=O) groups excluding carboxylic acids is 1. The number of nitrogens with two attached hydrogens (primary N) is 1. The average molecular weight is 352 g/mol. The van der Waals surface area contributed by atoms with Gasteiger partial charge in [0, 0.05) is 12.6 Å². The van der Waals surface area contributed by atoms with Crippen LogP contribution >= 0.6 is 12.4 Å². The molecule has 0 spiro atoms. The summed E-state index contributed by atoms with van der Waals surface area (Å²) in [5.41, 5.74) is 7.83. The monoisotopic (exact) mass is 351 g/mol. The molecule has 24 heavy (non-hydrogen) atoms. The Hall–Kier alpha value is -2.12. The Bertz CT molecular complexity index is 697. The fourth-order valence-electron chi connectivity index (χ4n) is 2.49. The number of rotatable bonds is 6. The molecule has 130 valence electrons. The second-order valence-corrected chi connectivity index (χ2v) is 5.84. The Morgan fingerprint density at radius 1 is 1.42 bits per heavy atom. The van der Waals surface area contributed by atoms with Crippen LogP contribution < -0.4 is 15.8 Å². The maximum absolute atomic E-state index is 12.3. The first-order chi connectivity index (χ1) is 11.1. The number of ether oxygens (including phenoxy) is 1. The Kier molecular flexibility index (Phi) is 5.80. The molecule has 2 aromatic rings. The number of nitrogens with zero attached hydrogens (tertiary/aromatic N) is 3. The van der Waals surface area contributed by atoms with Crippen molar-refractivity contribution >= 4 is 18.3 Å². The maximum Gasteiger partial charge on any atom is 0.273 e. The van der Waals surface area contributed by atoms with Crippen molar-refractivity contribution in [1.29, 1.82) is 0 Å². The molecule has 1 aromatic carbocycles. The number of carbonyl (C=O) groups is 1. The van der Waals surface area contributed by atoms with Crippen molar-refractivity contribution < 1.29 is 9.53 Å². The van der Waals surface area contributed by atoms with Crippen molar-refractivity contribution in [2.75, 3.05) is 13.7 Å². The van der Waals surface area contributed by atoms with E-state index >= 15 is 0 Å². The van der Waals surface area contributed by atoms with Gasteiger partial charge in [-0.3, -0.25) is 4.79 Å². The zero-order valence-electron chi connectivity index (χ0n) is 13.7. The quantitative estimate of drug-likeness (QED) is 0.821. The number of nitrogens with one attached hydrogen (secondary N) is 1. The third-order valence-electron chi connectivity index (χ3n) is 4.15. The van der Waals surface area contributed by atoms with Crippen molar-refractivity contribution in [3.05, 3.63) is 35.7 Å². The molecule has 0 radical (unpaired) electrons. The first-order valence-corrected chi connectivity index (χ1v) is 7.70. The summed E-state index contributed by atoms with van der Waals surface area (Å²) in [6, 6.07) is 7.43. The van der Waals surface area contributed by atoms with Gasteiger partial charge < -0.3 is 15.8 Å². The van der Waals surface area contributed by atoms with Gasteiger partial charge in [-0.25, -0.2) is 4.68 Å². The molecular formula is C16H22ClN5O2. The lowest BCUT2D eigenvalue weighted by molar-refractivity contribution is 0.0944. The van der Waals surface area contributed by atoms with E-state index in [-0.39, 0.29) is 24.4 Å². The van der Waals surface area contributed by atoms with Gasteiger partial charge in [-0.15, -0.1) is 17.5 Å². The molecule has 1 aliphatic rings. The summed E-state index contributed by atoms with van der Waals surface area (Å²) in [6.45, 7) is 2.29. The van der Waals surface area contributed by atoms with Crippen molar-refractivity contribution in [3.63, 3.8) is 0 Å². The lowest BCUT2D eigenvalue weighted by Gasteiger charge is -2.10. The van der Waals surface area contributed by atoms with Crippen LogP contribution in [-0.4, -0.2) is 40.6 Å². The number of benzene rings is 1. The first kappa shape index (κ1) is 18.2. The van der Waals surface area contributed by atoms with Crippen LogP contribution in [0.25, 0.3) is 5.69 Å². The molecule has 1 heterocycles. The Morgan fingerprint density at radius 2 is 2.08 bits per heavy atom. The van der Waals surface area contributed by atoms with E-state index in [1.807, 2.05) is 31.2 Å². The summed E-state index contributed by atoms with van der Waals surface area (Å²) in [7, 11) is 1.62. The van der Waals surface area contributed by atoms with Gasteiger partial charge in [-0.05, 0) is 49.9 Å². The van der Waals surface area contributed by atoms with Gasteiger partial charge in [-0.2, -0.15) is 0 Å². The predicted octanol–water partition coefficient (Wildman–Crippen LogP) is 1.47. The standard InChI is InChI=1S/C16H21N5O2.ClH/c1-10-15(16(22)18-9-14(17)11-3-4-11)19-20-21(10)12-5-7-13(23-2)8-6-12;/h5-8,11,14H,3-4,9,17H2,1-2H3,(H,18,22);1H. The summed E-state index contributed by atoms with van der Waals surface area (Å²) in [5.74, 6) is 1.07. The van der Waals surface area contributed by atoms with Crippen LogP contribution in [0.1, 0.15) is 29.0 Å². The van der Waals surface area contributed by atoms with E-state index in [2.05, 4.69) is 15.6 Å². The number of methoxy groups -OCH3 is 1. The predicted molar refractivity (Wildman–Crippen MR) is 92.9 cm³/mol. The molecule has 1 aromatic heterocycles. The van der Waals surface area contributed by atoms with Crippen molar-refractivity contribution in [2.45, 2.75) is 25.8 Å². The maximum atomic E-state index is 12.3.